The van der Waals surface area contributed by atoms with Gasteiger partial charge in [0.2, 0.25) is 0 Å². The molecule has 4 heteroatoms. The van der Waals surface area contributed by atoms with Gasteiger partial charge in [0, 0.05) is 11.5 Å². The topological polar surface area (TPSA) is 52.3 Å². The van der Waals surface area contributed by atoms with E-state index in [0.29, 0.717) is 19.6 Å². The number of ether oxygens (including phenoxy) is 1. The van der Waals surface area contributed by atoms with Gasteiger partial charge in [0.05, 0.1) is 11.5 Å². The number of aryl methyl sites for hydroxylation is 1. The van der Waals surface area contributed by atoms with Gasteiger partial charge in [-0.1, -0.05) is 0 Å². The summed E-state index contributed by atoms with van der Waals surface area (Å²) in [5.74, 6) is 0.0214. The van der Waals surface area contributed by atoms with Gasteiger partial charge in [-0.05, 0) is 25.5 Å². The third kappa shape index (κ3) is 1.61. The maximum atomic E-state index is 12.0. The van der Waals surface area contributed by atoms with Crippen molar-refractivity contribution in [1.29, 1.82) is 0 Å². The van der Waals surface area contributed by atoms with E-state index in [1.54, 1.807) is 0 Å². The number of rotatable bonds is 2. The van der Waals surface area contributed by atoms with E-state index in [0.717, 1.165) is 9.75 Å². The zero-order chi connectivity index (χ0) is 10.2. The van der Waals surface area contributed by atoms with Crippen molar-refractivity contribution in [2.75, 3.05) is 13.2 Å². The van der Waals surface area contributed by atoms with Crippen LogP contribution >= 0.6 is 11.3 Å². The van der Waals surface area contributed by atoms with Gasteiger partial charge in [-0.3, -0.25) is 4.79 Å². The highest BCUT2D eigenvalue weighted by molar-refractivity contribution is 7.14. The van der Waals surface area contributed by atoms with Crippen molar-refractivity contribution in [3.8, 4) is 0 Å². The van der Waals surface area contributed by atoms with Crippen LogP contribution in [-0.4, -0.2) is 24.5 Å². The fourth-order valence-electron chi connectivity index (χ4n) is 1.56. The molecule has 76 valence electrons. The molecule has 1 unspecified atom stereocenters. The lowest BCUT2D eigenvalue weighted by atomic mass is 9.93. The third-order valence-corrected chi connectivity index (χ3v) is 3.47. The summed E-state index contributed by atoms with van der Waals surface area (Å²) in [6.45, 7) is 2.92. The Balaban J connectivity index is 2.23. The normalized spacial score (nSPS) is 26.7. The quantitative estimate of drug-likeness (QED) is 0.751. The average molecular weight is 211 g/mol. The molecule has 0 aromatic carbocycles. The molecular weight excluding hydrogens is 198 g/mol. The molecule has 14 heavy (non-hydrogen) atoms. The summed E-state index contributed by atoms with van der Waals surface area (Å²) < 4.78 is 5.17. The molecule has 0 radical (unpaired) electrons. The number of hydrogen-bond acceptors (Lipinski definition) is 4. The van der Waals surface area contributed by atoms with Gasteiger partial charge in [0.15, 0.2) is 5.78 Å². The van der Waals surface area contributed by atoms with Crippen LogP contribution in [0, 0.1) is 6.92 Å². The minimum atomic E-state index is -0.780. The smallest absolute Gasteiger partial charge is 0.194 e. The molecule has 0 spiro atoms. The lowest BCUT2D eigenvalue weighted by Crippen LogP contribution is -2.48. The van der Waals surface area contributed by atoms with Crippen molar-refractivity contribution in [1.82, 2.24) is 0 Å². The maximum absolute atomic E-state index is 12.0. The molecule has 3 nitrogen and oxygen atoms in total. The van der Waals surface area contributed by atoms with Crippen molar-refractivity contribution in [2.24, 2.45) is 5.73 Å². The van der Waals surface area contributed by atoms with Gasteiger partial charge in [-0.15, -0.1) is 11.3 Å². The maximum Gasteiger partial charge on any atom is 0.194 e. The lowest BCUT2D eigenvalue weighted by molar-refractivity contribution is 0.0867. The van der Waals surface area contributed by atoms with Crippen LogP contribution in [0.5, 0.6) is 0 Å². The number of hydrogen-bond donors (Lipinski definition) is 1. The molecule has 1 aliphatic heterocycles. The van der Waals surface area contributed by atoms with Gasteiger partial charge < -0.3 is 10.5 Å². The van der Waals surface area contributed by atoms with Crippen LogP contribution in [0.1, 0.15) is 21.0 Å². The molecule has 1 aliphatic rings. The molecule has 2 heterocycles. The summed E-state index contributed by atoms with van der Waals surface area (Å²) in [7, 11) is 0. The predicted molar refractivity (Wildman–Crippen MR) is 55.7 cm³/mol. The Kier molecular flexibility index (Phi) is 2.43. The summed E-state index contributed by atoms with van der Waals surface area (Å²) in [4.78, 5) is 13.9. The summed E-state index contributed by atoms with van der Waals surface area (Å²) in [6.07, 6.45) is 0.628. The molecule has 1 fully saturated rings. The minimum Gasteiger partial charge on any atom is -0.379 e. The molecule has 0 amide bonds. The molecule has 1 aromatic heterocycles. The first-order valence-electron chi connectivity index (χ1n) is 4.60. The van der Waals surface area contributed by atoms with Crippen LogP contribution in [0.3, 0.4) is 0 Å². The molecule has 0 aliphatic carbocycles. The van der Waals surface area contributed by atoms with E-state index in [9.17, 15) is 4.79 Å². The number of carbonyl (C=O) groups excluding carboxylic acids is 1. The first-order chi connectivity index (χ1) is 6.62. The van der Waals surface area contributed by atoms with Crippen LogP contribution < -0.4 is 5.73 Å². The predicted octanol–water partition coefficient (Wildman–Crippen LogP) is 1.36. The van der Waals surface area contributed by atoms with Crippen LogP contribution in [-0.2, 0) is 4.74 Å². The molecule has 2 N–H and O–H groups in total. The second kappa shape index (κ2) is 3.46. The molecule has 1 saturated heterocycles. The summed E-state index contributed by atoms with van der Waals surface area (Å²) in [5, 5.41) is 0. The molecular formula is C10H13NO2S. The van der Waals surface area contributed by atoms with E-state index in [2.05, 4.69) is 0 Å². The molecule has 1 atom stereocenters. The van der Waals surface area contributed by atoms with E-state index in [1.165, 1.54) is 11.3 Å². The largest absolute Gasteiger partial charge is 0.379 e. The van der Waals surface area contributed by atoms with Crippen LogP contribution in [0.2, 0.25) is 0 Å². The second-order valence-corrected chi connectivity index (χ2v) is 4.99. The zero-order valence-electron chi connectivity index (χ0n) is 8.08. The van der Waals surface area contributed by atoms with Gasteiger partial charge in [-0.2, -0.15) is 0 Å². The number of thiophene rings is 1. The van der Waals surface area contributed by atoms with Crippen molar-refractivity contribution in [3.05, 3.63) is 21.9 Å². The fourth-order valence-corrected chi connectivity index (χ4v) is 2.48. The fraction of sp³-hybridized carbons (Fsp3) is 0.500. The molecule has 0 saturated carbocycles. The zero-order valence-corrected chi connectivity index (χ0v) is 8.89. The van der Waals surface area contributed by atoms with Crippen molar-refractivity contribution < 1.29 is 9.53 Å². The Morgan fingerprint density at radius 2 is 2.43 bits per heavy atom. The highest BCUT2D eigenvalue weighted by Gasteiger charge is 2.39. The lowest BCUT2D eigenvalue weighted by Gasteiger charge is -2.18. The summed E-state index contributed by atoms with van der Waals surface area (Å²) in [6, 6.07) is 3.78. The first kappa shape index (κ1) is 9.83. The Morgan fingerprint density at radius 3 is 2.93 bits per heavy atom. The third-order valence-electron chi connectivity index (χ3n) is 2.47. The highest BCUT2D eigenvalue weighted by atomic mass is 32.1. The minimum absolute atomic E-state index is 0.0214. The summed E-state index contributed by atoms with van der Waals surface area (Å²) in [5.41, 5.74) is 5.20. The van der Waals surface area contributed by atoms with Crippen LogP contribution in [0.25, 0.3) is 0 Å². The van der Waals surface area contributed by atoms with Gasteiger partial charge in [-0.25, -0.2) is 0 Å². The van der Waals surface area contributed by atoms with Crippen molar-refractivity contribution in [2.45, 2.75) is 18.9 Å². The number of carbonyl (C=O) groups is 1. The van der Waals surface area contributed by atoms with E-state index in [4.69, 9.17) is 10.5 Å². The monoisotopic (exact) mass is 211 g/mol. The van der Waals surface area contributed by atoms with E-state index < -0.39 is 5.54 Å². The van der Waals surface area contributed by atoms with Gasteiger partial charge in [0.1, 0.15) is 5.54 Å². The molecule has 0 bridgehead atoms. The van der Waals surface area contributed by atoms with E-state index >= 15 is 0 Å². The highest BCUT2D eigenvalue weighted by Crippen LogP contribution is 2.25. The first-order valence-corrected chi connectivity index (χ1v) is 5.41. The SMILES string of the molecule is Cc1ccc(C(=O)C2(N)CCOC2)s1. The average Bonchev–Trinajstić information content (AvgIpc) is 2.74. The number of ketones is 1. The van der Waals surface area contributed by atoms with Crippen LogP contribution in [0.4, 0.5) is 0 Å². The molecule has 1 aromatic rings. The summed E-state index contributed by atoms with van der Waals surface area (Å²) >= 11 is 1.50. The Bertz CT molecular complexity index is 353. The second-order valence-electron chi connectivity index (χ2n) is 3.70. The van der Waals surface area contributed by atoms with Crippen molar-refractivity contribution in [3.63, 3.8) is 0 Å². The van der Waals surface area contributed by atoms with Crippen molar-refractivity contribution >= 4 is 17.1 Å². The Labute approximate surface area is 86.9 Å². The standard InChI is InChI=1S/C10H13NO2S/c1-7-2-3-8(14-7)9(12)10(11)4-5-13-6-10/h2-3H,4-6,11H2,1H3. The van der Waals surface area contributed by atoms with E-state index in [1.807, 2.05) is 19.1 Å². The Hall–Kier alpha value is -0.710. The van der Waals surface area contributed by atoms with Gasteiger partial charge in [0.25, 0.3) is 0 Å². The number of Topliss-reactive ketones (excluding diaryl/α,β-unsaturated/α-hetero) is 1. The van der Waals surface area contributed by atoms with Crippen LogP contribution in [0.15, 0.2) is 12.1 Å². The molecule has 2 rings (SSSR count). The van der Waals surface area contributed by atoms with Gasteiger partial charge >= 0.3 is 0 Å². The Morgan fingerprint density at radius 1 is 1.64 bits per heavy atom. The number of nitrogens with two attached hydrogens (primary N) is 1. The van der Waals surface area contributed by atoms with E-state index in [-0.39, 0.29) is 5.78 Å².